The lowest BCUT2D eigenvalue weighted by Gasteiger charge is -1.95. The standard InChI is InChI=1S/C8H8O2S/c9-6-8(10)11-7-4-2-1-3-5-7/h1-5,9H,6H2. The number of hydrogen-bond donors (Lipinski definition) is 1. The Kier molecular flexibility index (Phi) is 3.14. The van der Waals surface area contributed by atoms with E-state index >= 15 is 0 Å². The molecule has 0 aliphatic heterocycles. The van der Waals surface area contributed by atoms with Crippen molar-refractivity contribution in [3.8, 4) is 0 Å². The minimum Gasteiger partial charge on any atom is -0.388 e. The molecule has 0 amide bonds. The van der Waals surface area contributed by atoms with E-state index < -0.39 is 6.61 Å². The van der Waals surface area contributed by atoms with Crippen LogP contribution in [0, 0.1) is 0 Å². The molecule has 0 saturated heterocycles. The van der Waals surface area contributed by atoms with E-state index in [1.807, 2.05) is 30.3 Å². The average molecular weight is 168 g/mol. The highest BCUT2D eigenvalue weighted by atomic mass is 32.2. The van der Waals surface area contributed by atoms with Gasteiger partial charge in [-0.15, -0.1) is 0 Å². The van der Waals surface area contributed by atoms with Gasteiger partial charge in [-0.2, -0.15) is 0 Å². The van der Waals surface area contributed by atoms with Gasteiger partial charge < -0.3 is 5.11 Å². The number of benzene rings is 1. The molecule has 0 saturated carbocycles. The molecule has 0 radical (unpaired) electrons. The molecule has 0 aliphatic rings. The molecule has 0 bridgehead atoms. The second kappa shape index (κ2) is 4.16. The van der Waals surface area contributed by atoms with E-state index in [9.17, 15) is 4.79 Å². The van der Waals surface area contributed by atoms with Crippen molar-refractivity contribution < 1.29 is 9.90 Å². The van der Waals surface area contributed by atoms with Crippen LogP contribution in [-0.2, 0) is 4.79 Å². The molecule has 0 fully saturated rings. The highest BCUT2D eigenvalue weighted by Gasteiger charge is 2.00. The van der Waals surface area contributed by atoms with Crippen LogP contribution in [0.5, 0.6) is 0 Å². The molecular formula is C8H8O2S. The van der Waals surface area contributed by atoms with Crippen molar-refractivity contribution in [2.45, 2.75) is 4.90 Å². The van der Waals surface area contributed by atoms with E-state index in [0.717, 1.165) is 16.7 Å². The predicted octanol–water partition coefficient (Wildman–Crippen LogP) is 1.30. The van der Waals surface area contributed by atoms with E-state index in [4.69, 9.17) is 5.11 Å². The van der Waals surface area contributed by atoms with Crippen LogP contribution in [0.1, 0.15) is 0 Å². The molecule has 0 heterocycles. The van der Waals surface area contributed by atoms with Crippen LogP contribution in [0.15, 0.2) is 35.2 Å². The maximum Gasteiger partial charge on any atom is 0.219 e. The number of aliphatic hydroxyl groups is 1. The zero-order valence-corrected chi connectivity index (χ0v) is 6.67. The van der Waals surface area contributed by atoms with Gasteiger partial charge in [0.2, 0.25) is 5.12 Å². The summed E-state index contributed by atoms with van der Waals surface area (Å²) >= 11 is 1.05. The fraction of sp³-hybridized carbons (Fsp3) is 0.125. The third-order valence-corrected chi connectivity index (χ3v) is 1.97. The van der Waals surface area contributed by atoms with Crippen LogP contribution < -0.4 is 0 Å². The first-order valence-electron chi connectivity index (χ1n) is 3.19. The summed E-state index contributed by atoms with van der Waals surface area (Å²) in [4.78, 5) is 11.6. The third kappa shape index (κ3) is 2.74. The summed E-state index contributed by atoms with van der Waals surface area (Å²) in [5, 5.41) is 8.20. The van der Waals surface area contributed by atoms with Crippen LogP contribution >= 0.6 is 11.8 Å². The summed E-state index contributed by atoms with van der Waals surface area (Å²) in [5.41, 5.74) is 0. The maximum absolute atomic E-state index is 10.7. The average Bonchev–Trinajstić information content (AvgIpc) is 2.06. The lowest BCUT2D eigenvalue weighted by Crippen LogP contribution is -1.96. The quantitative estimate of drug-likeness (QED) is 0.676. The Balaban J connectivity index is 2.58. The first-order chi connectivity index (χ1) is 5.33. The normalized spacial score (nSPS) is 9.55. The minimum absolute atomic E-state index is 0.226. The Labute approximate surface area is 69.2 Å². The lowest BCUT2D eigenvalue weighted by molar-refractivity contribution is -0.113. The number of thioether (sulfide) groups is 1. The summed E-state index contributed by atoms with van der Waals surface area (Å²) in [7, 11) is 0. The van der Waals surface area contributed by atoms with Crippen LogP contribution in [0.2, 0.25) is 0 Å². The molecule has 0 aromatic heterocycles. The van der Waals surface area contributed by atoms with Gasteiger partial charge in [0.05, 0.1) is 0 Å². The van der Waals surface area contributed by atoms with Crippen molar-refractivity contribution in [1.29, 1.82) is 0 Å². The van der Waals surface area contributed by atoms with Crippen LogP contribution in [0.25, 0.3) is 0 Å². The van der Waals surface area contributed by atoms with Crippen LogP contribution in [0.3, 0.4) is 0 Å². The van der Waals surface area contributed by atoms with E-state index in [1.54, 1.807) is 0 Å². The molecule has 0 unspecified atom stereocenters. The van der Waals surface area contributed by atoms with Gasteiger partial charge in [-0.3, -0.25) is 4.79 Å². The Morgan fingerprint density at radius 3 is 2.55 bits per heavy atom. The van der Waals surface area contributed by atoms with Crippen molar-refractivity contribution in [2.24, 2.45) is 0 Å². The first-order valence-corrected chi connectivity index (χ1v) is 4.01. The Morgan fingerprint density at radius 1 is 1.36 bits per heavy atom. The fourth-order valence-corrected chi connectivity index (χ4v) is 1.27. The first kappa shape index (κ1) is 8.30. The van der Waals surface area contributed by atoms with Crippen molar-refractivity contribution in [3.63, 3.8) is 0 Å². The smallest absolute Gasteiger partial charge is 0.219 e. The lowest BCUT2D eigenvalue weighted by atomic mass is 10.4. The SMILES string of the molecule is O=C(CO)Sc1ccccc1. The second-order valence-electron chi connectivity index (χ2n) is 1.95. The van der Waals surface area contributed by atoms with Crippen LogP contribution in [-0.4, -0.2) is 16.8 Å². The fourth-order valence-electron chi connectivity index (χ4n) is 0.652. The second-order valence-corrected chi connectivity index (χ2v) is 3.08. The molecule has 1 rings (SSSR count). The van der Waals surface area contributed by atoms with Gasteiger partial charge in [-0.1, -0.05) is 18.2 Å². The van der Waals surface area contributed by atoms with Crippen molar-refractivity contribution >= 4 is 16.9 Å². The largest absolute Gasteiger partial charge is 0.388 e. The molecule has 58 valence electrons. The van der Waals surface area contributed by atoms with Gasteiger partial charge in [0.1, 0.15) is 6.61 Å². The number of hydrogen-bond acceptors (Lipinski definition) is 3. The number of rotatable bonds is 2. The summed E-state index contributed by atoms with van der Waals surface area (Å²) in [6.45, 7) is -0.403. The molecule has 1 N–H and O–H groups in total. The van der Waals surface area contributed by atoms with Gasteiger partial charge in [0, 0.05) is 4.90 Å². The number of carbonyl (C=O) groups is 1. The Bertz CT molecular complexity index is 233. The summed E-state index contributed by atoms with van der Waals surface area (Å²) in [6.07, 6.45) is 0. The highest BCUT2D eigenvalue weighted by molar-refractivity contribution is 8.13. The Hall–Kier alpha value is -0.800. The van der Waals surface area contributed by atoms with Gasteiger partial charge in [0.15, 0.2) is 0 Å². The molecule has 0 aliphatic carbocycles. The zero-order chi connectivity index (χ0) is 8.10. The monoisotopic (exact) mass is 168 g/mol. The highest BCUT2D eigenvalue weighted by Crippen LogP contribution is 2.16. The van der Waals surface area contributed by atoms with Crippen molar-refractivity contribution in [1.82, 2.24) is 0 Å². The van der Waals surface area contributed by atoms with Gasteiger partial charge in [-0.25, -0.2) is 0 Å². The molecule has 2 nitrogen and oxygen atoms in total. The predicted molar refractivity (Wildman–Crippen MR) is 44.4 cm³/mol. The van der Waals surface area contributed by atoms with E-state index in [1.165, 1.54) is 0 Å². The summed E-state index contributed by atoms with van der Waals surface area (Å²) in [5.74, 6) is 0. The van der Waals surface area contributed by atoms with Gasteiger partial charge in [-0.05, 0) is 23.9 Å². The molecule has 1 aromatic rings. The summed E-state index contributed by atoms with van der Waals surface area (Å²) in [6, 6.07) is 9.25. The molecule has 0 spiro atoms. The maximum atomic E-state index is 10.7. The topological polar surface area (TPSA) is 37.3 Å². The molecule has 3 heteroatoms. The molecular weight excluding hydrogens is 160 g/mol. The minimum atomic E-state index is -0.403. The van der Waals surface area contributed by atoms with E-state index in [0.29, 0.717) is 0 Å². The van der Waals surface area contributed by atoms with E-state index in [2.05, 4.69) is 0 Å². The van der Waals surface area contributed by atoms with Crippen LogP contribution in [0.4, 0.5) is 0 Å². The molecule has 1 aromatic carbocycles. The molecule has 11 heavy (non-hydrogen) atoms. The van der Waals surface area contributed by atoms with Gasteiger partial charge in [0.25, 0.3) is 0 Å². The Morgan fingerprint density at radius 2 is 2.00 bits per heavy atom. The third-order valence-electron chi connectivity index (χ3n) is 1.10. The summed E-state index contributed by atoms with van der Waals surface area (Å²) < 4.78 is 0. The van der Waals surface area contributed by atoms with Crippen molar-refractivity contribution in [2.75, 3.05) is 6.61 Å². The molecule has 0 atom stereocenters. The number of carbonyl (C=O) groups excluding carboxylic acids is 1. The van der Waals surface area contributed by atoms with Crippen molar-refractivity contribution in [3.05, 3.63) is 30.3 Å². The zero-order valence-electron chi connectivity index (χ0n) is 5.86. The number of aliphatic hydroxyl groups excluding tert-OH is 1. The van der Waals surface area contributed by atoms with E-state index in [-0.39, 0.29) is 5.12 Å². The van der Waals surface area contributed by atoms with Gasteiger partial charge >= 0.3 is 0 Å².